The summed E-state index contributed by atoms with van der Waals surface area (Å²) in [6.45, 7) is 3.72. The highest BCUT2D eigenvalue weighted by Crippen LogP contribution is 2.32. The summed E-state index contributed by atoms with van der Waals surface area (Å²) in [5.41, 5.74) is 7.43. The Morgan fingerprint density at radius 1 is 1.26 bits per heavy atom. The molecule has 27 heavy (non-hydrogen) atoms. The number of benzene rings is 1. The molecular formula is C19H20N2O4S2. The van der Waals surface area contributed by atoms with Gasteiger partial charge in [0, 0.05) is 16.2 Å². The first-order valence-electron chi connectivity index (χ1n) is 8.29. The minimum absolute atomic E-state index is 0.157. The Labute approximate surface area is 166 Å². The van der Waals surface area contributed by atoms with Crippen LogP contribution in [0.5, 0.6) is 0 Å². The van der Waals surface area contributed by atoms with E-state index in [1.54, 1.807) is 18.7 Å². The third-order valence-electron chi connectivity index (χ3n) is 3.58. The van der Waals surface area contributed by atoms with E-state index in [0.717, 1.165) is 16.2 Å². The average Bonchev–Trinajstić information content (AvgIpc) is 2.97. The lowest BCUT2D eigenvalue weighted by Gasteiger charge is -2.07. The van der Waals surface area contributed by atoms with Gasteiger partial charge in [0.05, 0.1) is 18.6 Å². The molecule has 0 aliphatic carbocycles. The Balaban J connectivity index is 1.93. The third kappa shape index (κ3) is 5.74. The zero-order chi connectivity index (χ0) is 19.8. The number of nitrogen functional groups attached to an aromatic ring is 1. The van der Waals surface area contributed by atoms with Crippen LogP contribution in [0.15, 0.2) is 29.2 Å². The van der Waals surface area contributed by atoms with Gasteiger partial charge in [0.25, 0.3) is 0 Å². The molecule has 0 saturated heterocycles. The average molecular weight is 405 g/mol. The number of nitrogens with two attached hydrogens (primary N) is 1. The lowest BCUT2D eigenvalue weighted by molar-refractivity contribution is -0.144. The number of anilines is 1. The van der Waals surface area contributed by atoms with Gasteiger partial charge < -0.3 is 15.2 Å². The first kappa shape index (κ1) is 20.8. The zero-order valence-electron chi connectivity index (χ0n) is 15.1. The molecule has 0 aliphatic heterocycles. The van der Waals surface area contributed by atoms with E-state index in [9.17, 15) is 14.9 Å². The molecule has 0 amide bonds. The smallest absolute Gasteiger partial charge is 0.348 e. The maximum Gasteiger partial charge on any atom is 0.348 e. The van der Waals surface area contributed by atoms with Crippen LogP contribution in [0, 0.1) is 18.3 Å². The van der Waals surface area contributed by atoms with Gasteiger partial charge in [-0.1, -0.05) is 17.7 Å². The van der Waals surface area contributed by atoms with Crippen LogP contribution in [0.4, 0.5) is 5.00 Å². The van der Waals surface area contributed by atoms with Crippen molar-refractivity contribution in [3.05, 3.63) is 45.8 Å². The quantitative estimate of drug-likeness (QED) is 0.525. The molecule has 2 aromatic rings. The van der Waals surface area contributed by atoms with Crippen LogP contribution in [-0.2, 0) is 20.9 Å². The van der Waals surface area contributed by atoms with E-state index in [1.165, 1.54) is 5.56 Å². The molecule has 0 atom stereocenters. The Morgan fingerprint density at radius 3 is 2.59 bits per heavy atom. The monoisotopic (exact) mass is 404 g/mol. The van der Waals surface area contributed by atoms with Crippen LogP contribution >= 0.6 is 23.1 Å². The number of aryl methyl sites for hydroxylation is 1. The van der Waals surface area contributed by atoms with Crippen molar-refractivity contribution >= 4 is 40.0 Å². The van der Waals surface area contributed by atoms with E-state index < -0.39 is 11.9 Å². The van der Waals surface area contributed by atoms with Gasteiger partial charge in [-0.05, 0) is 26.0 Å². The van der Waals surface area contributed by atoms with E-state index in [0.29, 0.717) is 11.3 Å². The van der Waals surface area contributed by atoms with Crippen molar-refractivity contribution in [3.63, 3.8) is 0 Å². The number of carbonyl (C=O) groups excluding carboxylic acids is 2. The van der Waals surface area contributed by atoms with Crippen molar-refractivity contribution in [2.24, 2.45) is 0 Å². The van der Waals surface area contributed by atoms with Crippen molar-refractivity contribution in [2.75, 3.05) is 18.1 Å². The fourth-order valence-corrected chi connectivity index (χ4v) is 3.97. The molecule has 0 unspecified atom stereocenters. The number of carbonyl (C=O) groups is 2. The number of esters is 2. The van der Waals surface area contributed by atoms with Crippen LogP contribution in [0.25, 0.3) is 0 Å². The third-order valence-corrected chi connectivity index (χ3v) is 5.64. The Kier molecular flexibility index (Phi) is 7.70. The van der Waals surface area contributed by atoms with Crippen molar-refractivity contribution in [1.29, 1.82) is 5.26 Å². The number of nitrogens with zero attached hydrogens (tertiary/aromatic N) is 1. The first-order chi connectivity index (χ1) is 13.0. The molecule has 1 heterocycles. The van der Waals surface area contributed by atoms with Gasteiger partial charge in [-0.3, -0.25) is 4.79 Å². The second-order valence-electron chi connectivity index (χ2n) is 5.55. The molecule has 2 rings (SSSR count). The number of thioether (sulfide) groups is 1. The summed E-state index contributed by atoms with van der Waals surface area (Å²) >= 11 is 2.53. The molecule has 2 N–H and O–H groups in total. The minimum atomic E-state index is -0.573. The Hall–Kier alpha value is -2.50. The van der Waals surface area contributed by atoms with Crippen molar-refractivity contribution in [2.45, 2.75) is 31.8 Å². The molecule has 0 aliphatic rings. The molecule has 142 valence electrons. The first-order valence-corrected chi connectivity index (χ1v) is 10.1. The number of rotatable bonds is 8. The molecule has 1 aromatic carbocycles. The normalized spacial score (nSPS) is 10.3. The highest BCUT2D eigenvalue weighted by atomic mass is 32.2. The van der Waals surface area contributed by atoms with E-state index in [-0.39, 0.29) is 35.1 Å². The minimum Gasteiger partial charge on any atom is -0.462 e. The highest BCUT2D eigenvalue weighted by Gasteiger charge is 2.23. The number of thiophene rings is 1. The van der Waals surface area contributed by atoms with E-state index in [1.807, 2.05) is 37.3 Å². The highest BCUT2D eigenvalue weighted by molar-refractivity contribution is 7.99. The Bertz CT molecular complexity index is 854. The second-order valence-corrected chi connectivity index (χ2v) is 7.77. The molecule has 6 nitrogen and oxygen atoms in total. The SMILES string of the molecule is CCOC(=O)c1sc(N)c(C#N)c1COC(=O)CCSc1ccc(C)cc1. The summed E-state index contributed by atoms with van der Waals surface area (Å²) < 4.78 is 10.2. The summed E-state index contributed by atoms with van der Waals surface area (Å²) in [7, 11) is 0. The topological polar surface area (TPSA) is 102 Å². The lowest BCUT2D eigenvalue weighted by atomic mass is 10.1. The standard InChI is InChI=1S/C19H20N2O4S2/c1-3-24-19(23)17-15(14(10-20)18(21)27-17)11-25-16(22)8-9-26-13-6-4-12(2)5-7-13/h4-7H,3,8-9,11,21H2,1-2H3. The number of hydrogen-bond donors (Lipinski definition) is 1. The largest absolute Gasteiger partial charge is 0.462 e. The molecule has 1 aromatic heterocycles. The van der Waals surface area contributed by atoms with Crippen molar-refractivity contribution in [3.8, 4) is 6.07 Å². The summed E-state index contributed by atoms with van der Waals surface area (Å²) in [5.74, 6) is -0.404. The van der Waals surface area contributed by atoms with Crippen LogP contribution in [0.1, 0.15) is 39.7 Å². The van der Waals surface area contributed by atoms with Crippen LogP contribution in [-0.4, -0.2) is 24.3 Å². The maximum absolute atomic E-state index is 12.0. The summed E-state index contributed by atoms with van der Waals surface area (Å²) in [5, 5.41) is 9.47. The van der Waals surface area contributed by atoms with Crippen LogP contribution in [0.2, 0.25) is 0 Å². The summed E-state index contributed by atoms with van der Waals surface area (Å²) in [4.78, 5) is 25.3. The zero-order valence-corrected chi connectivity index (χ0v) is 16.7. The Morgan fingerprint density at radius 2 is 1.96 bits per heavy atom. The van der Waals surface area contributed by atoms with Crippen LogP contribution < -0.4 is 5.73 Å². The van der Waals surface area contributed by atoms with E-state index >= 15 is 0 Å². The van der Waals surface area contributed by atoms with E-state index in [4.69, 9.17) is 15.2 Å². The second kappa shape index (κ2) is 10.00. The van der Waals surface area contributed by atoms with Gasteiger partial charge in [0.2, 0.25) is 0 Å². The van der Waals surface area contributed by atoms with Crippen molar-refractivity contribution in [1.82, 2.24) is 0 Å². The van der Waals surface area contributed by atoms with Gasteiger partial charge in [-0.25, -0.2) is 4.79 Å². The fraction of sp³-hybridized carbons (Fsp3) is 0.316. The fourth-order valence-electron chi connectivity index (χ4n) is 2.22. The van der Waals surface area contributed by atoms with Crippen molar-refractivity contribution < 1.29 is 19.1 Å². The maximum atomic E-state index is 12.0. The van der Waals surface area contributed by atoms with Gasteiger partial charge in [0.15, 0.2) is 0 Å². The molecule has 0 radical (unpaired) electrons. The number of nitriles is 1. The summed E-state index contributed by atoms with van der Waals surface area (Å²) in [6.07, 6.45) is 0.217. The predicted octanol–water partition coefficient (Wildman–Crippen LogP) is 3.91. The van der Waals surface area contributed by atoms with Gasteiger partial charge >= 0.3 is 11.9 Å². The molecule has 0 saturated carbocycles. The lowest BCUT2D eigenvalue weighted by Crippen LogP contribution is -2.10. The van der Waals surface area contributed by atoms with Gasteiger partial charge in [-0.2, -0.15) is 5.26 Å². The van der Waals surface area contributed by atoms with E-state index in [2.05, 4.69) is 0 Å². The van der Waals surface area contributed by atoms with Gasteiger partial charge in [-0.15, -0.1) is 23.1 Å². The molecule has 8 heteroatoms. The summed E-state index contributed by atoms with van der Waals surface area (Å²) in [6, 6.07) is 10.00. The van der Waals surface area contributed by atoms with Gasteiger partial charge in [0.1, 0.15) is 22.6 Å². The number of hydrogen-bond acceptors (Lipinski definition) is 8. The molecule has 0 fully saturated rings. The molecule has 0 spiro atoms. The number of ether oxygens (including phenoxy) is 2. The van der Waals surface area contributed by atoms with Crippen LogP contribution in [0.3, 0.4) is 0 Å². The molecular weight excluding hydrogens is 384 g/mol. The molecule has 0 bridgehead atoms. The predicted molar refractivity (Wildman–Crippen MR) is 106 cm³/mol.